The monoisotopic (exact) mass is 378 g/mol. The van der Waals surface area contributed by atoms with Crippen LogP contribution in [0.4, 0.5) is 0 Å². The molecule has 0 aliphatic rings. The average Bonchev–Trinajstić information content (AvgIpc) is 3.27. The minimum absolute atomic E-state index is 1.01. The van der Waals surface area contributed by atoms with E-state index in [0.717, 1.165) is 35.6 Å². The second-order valence-electron chi connectivity index (χ2n) is 6.54. The fraction of sp³-hybridized carbons (Fsp3) is 0.227. The highest BCUT2D eigenvalue weighted by Gasteiger charge is 2.06. The number of rotatable bonds is 7. The molecule has 0 aliphatic heterocycles. The van der Waals surface area contributed by atoms with Crippen molar-refractivity contribution in [2.75, 3.05) is 5.75 Å². The lowest BCUT2D eigenvalue weighted by molar-refractivity contribution is 0.882. The van der Waals surface area contributed by atoms with Gasteiger partial charge in [0.25, 0.3) is 0 Å². The molecule has 2 aromatic heterocycles. The van der Waals surface area contributed by atoms with Gasteiger partial charge in [-0.25, -0.2) is 0 Å². The molecule has 4 heteroatoms. The normalized spacial score (nSPS) is 11.4. The van der Waals surface area contributed by atoms with Crippen LogP contribution in [0.1, 0.15) is 24.0 Å². The summed E-state index contributed by atoms with van der Waals surface area (Å²) in [6.07, 6.45) is 8.52. The fourth-order valence-corrected chi connectivity index (χ4v) is 4.68. The SMILES string of the molecule is S=C(CCCc1c[nH]c2ccccc12)SCCc1c[nH]c2ccccc12. The van der Waals surface area contributed by atoms with E-state index in [-0.39, 0.29) is 0 Å². The lowest BCUT2D eigenvalue weighted by Gasteiger charge is -2.04. The first kappa shape index (κ1) is 17.4. The molecule has 0 saturated heterocycles. The molecule has 0 fully saturated rings. The Balaban J connectivity index is 1.23. The number of aromatic nitrogens is 2. The topological polar surface area (TPSA) is 31.6 Å². The van der Waals surface area contributed by atoms with E-state index in [2.05, 4.69) is 70.9 Å². The second kappa shape index (κ2) is 8.11. The lowest BCUT2D eigenvalue weighted by Crippen LogP contribution is -1.95. The van der Waals surface area contributed by atoms with Gasteiger partial charge in [-0.15, -0.1) is 11.8 Å². The number of para-hydroxylation sites is 2. The number of hydrogen-bond donors (Lipinski definition) is 2. The van der Waals surface area contributed by atoms with Gasteiger partial charge < -0.3 is 9.97 Å². The summed E-state index contributed by atoms with van der Waals surface area (Å²) < 4.78 is 1.13. The van der Waals surface area contributed by atoms with Crippen LogP contribution in [-0.2, 0) is 12.8 Å². The van der Waals surface area contributed by atoms with E-state index in [1.807, 2.05) is 11.8 Å². The molecule has 2 nitrogen and oxygen atoms in total. The Morgan fingerprint density at radius 3 is 2.04 bits per heavy atom. The molecular formula is C22H22N2S2. The van der Waals surface area contributed by atoms with Crippen molar-refractivity contribution in [1.29, 1.82) is 0 Å². The van der Waals surface area contributed by atoms with Gasteiger partial charge in [-0.1, -0.05) is 48.6 Å². The molecule has 0 bridgehead atoms. The van der Waals surface area contributed by atoms with Crippen molar-refractivity contribution in [2.45, 2.75) is 25.7 Å². The second-order valence-corrected chi connectivity index (χ2v) is 8.48. The van der Waals surface area contributed by atoms with E-state index in [1.54, 1.807) is 0 Å². The zero-order valence-corrected chi connectivity index (χ0v) is 16.3. The Labute approximate surface area is 163 Å². The summed E-state index contributed by atoms with van der Waals surface area (Å²) in [5, 5.41) is 2.67. The number of H-pyrrole nitrogens is 2. The summed E-state index contributed by atoms with van der Waals surface area (Å²) >= 11 is 7.42. The number of thioether (sulfide) groups is 1. The first-order valence-corrected chi connectivity index (χ1v) is 10.5. The number of aryl methyl sites for hydroxylation is 2. The van der Waals surface area contributed by atoms with E-state index >= 15 is 0 Å². The molecule has 2 N–H and O–H groups in total. The van der Waals surface area contributed by atoms with Crippen LogP contribution < -0.4 is 0 Å². The van der Waals surface area contributed by atoms with Crippen molar-refractivity contribution in [3.8, 4) is 0 Å². The minimum atomic E-state index is 1.01. The smallest absolute Gasteiger partial charge is 0.0478 e. The van der Waals surface area contributed by atoms with Crippen LogP contribution >= 0.6 is 24.0 Å². The van der Waals surface area contributed by atoms with E-state index in [1.165, 1.54) is 32.9 Å². The number of nitrogens with one attached hydrogen (secondary N) is 2. The molecule has 0 unspecified atom stereocenters. The molecule has 132 valence electrons. The molecule has 4 rings (SSSR count). The molecule has 26 heavy (non-hydrogen) atoms. The van der Waals surface area contributed by atoms with Gasteiger partial charge in [-0.05, 0) is 48.9 Å². The van der Waals surface area contributed by atoms with Crippen LogP contribution in [0.25, 0.3) is 21.8 Å². The third-order valence-corrected chi connectivity index (χ3v) is 6.30. The van der Waals surface area contributed by atoms with Gasteiger partial charge >= 0.3 is 0 Å². The summed E-state index contributed by atoms with van der Waals surface area (Å²) in [5.41, 5.74) is 5.22. The molecule has 0 amide bonds. The molecule has 0 aliphatic carbocycles. The molecule has 0 atom stereocenters. The van der Waals surface area contributed by atoms with Crippen molar-refractivity contribution < 1.29 is 0 Å². The van der Waals surface area contributed by atoms with Crippen LogP contribution in [-0.4, -0.2) is 19.9 Å². The highest BCUT2D eigenvalue weighted by molar-refractivity contribution is 8.23. The quantitative estimate of drug-likeness (QED) is 0.371. The largest absolute Gasteiger partial charge is 0.361 e. The summed E-state index contributed by atoms with van der Waals surface area (Å²) in [6, 6.07) is 17.0. The molecule has 4 aromatic rings. The Kier molecular flexibility index (Phi) is 5.42. The van der Waals surface area contributed by atoms with Gasteiger partial charge in [0.1, 0.15) is 0 Å². The lowest BCUT2D eigenvalue weighted by atomic mass is 10.1. The average molecular weight is 379 g/mol. The zero-order valence-electron chi connectivity index (χ0n) is 14.6. The van der Waals surface area contributed by atoms with Gasteiger partial charge in [-0.3, -0.25) is 0 Å². The van der Waals surface area contributed by atoms with Crippen molar-refractivity contribution in [2.24, 2.45) is 0 Å². The number of benzene rings is 2. The minimum Gasteiger partial charge on any atom is -0.361 e. The van der Waals surface area contributed by atoms with Crippen LogP contribution in [0.5, 0.6) is 0 Å². The summed E-state index contributed by atoms with van der Waals surface area (Å²) in [5.74, 6) is 1.05. The van der Waals surface area contributed by atoms with E-state index in [9.17, 15) is 0 Å². The van der Waals surface area contributed by atoms with Crippen LogP contribution in [0, 0.1) is 0 Å². The van der Waals surface area contributed by atoms with E-state index in [4.69, 9.17) is 12.2 Å². The summed E-state index contributed by atoms with van der Waals surface area (Å²) in [6.45, 7) is 0. The number of hydrogen-bond acceptors (Lipinski definition) is 2. The van der Waals surface area contributed by atoms with Crippen LogP contribution in [0.15, 0.2) is 60.9 Å². The Morgan fingerprint density at radius 2 is 1.38 bits per heavy atom. The van der Waals surface area contributed by atoms with Crippen molar-refractivity contribution in [3.63, 3.8) is 0 Å². The third kappa shape index (κ3) is 3.87. The highest BCUT2D eigenvalue weighted by Crippen LogP contribution is 2.22. The highest BCUT2D eigenvalue weighted by atomic mass is 32.2. The Hall–Kier alpha value is -2.04. The van der Waals surface area contributed by atoms with E-state index < -0.39 is 0 Å². The summed E-state index contributed by atoms with van der Waals surface area (Å²) in [7, 11) is 0. The third-order valence-electron chi connectivity index (χ3n) is 4.81. The van der Waals surface area contributed by atoms with Gasteiger partial charge in [0.05, 0.1) is 0 Å². The maximum Gasteiger partial charge on any atom is 0.0478 e. The van der Waals surface area contributed by atoms with Crippen LogP contribution in [0.2, 0.25) is 0 Å². The maximum atomic E-state index is 5.58. The Bertz CT molecular complexity index is 947. The van der Waals surface area contributed by atoms with Crippen molar-refractivity contribution >= 4 is 50.0 Å². The molecule has 2 heterocycles. The van der Waals surface area contributed by atoms with E-state index in [0.29, 0.717) is 0 Å². The van der Waals surface area contributed by atoms with Gasteiger partial charge in [0, 0.05) is 44.1 Å². The predicted molar refractivity (Wildman–Crippen MR) is 118 cm³/mol. The molecule has 0 radical (unpaired) electrons. The predicted octanol–water partition coefficient (Wildman–Crippen LogP) is 6.28. The summed E-state index contributed by atoms with van der Waals surface area (Å²) in [4.78, 5) is 6.70. The number of aromatic amines is 2. The first-order chi connectivity index (χ1) is 12.8. The first-order valence-electron chi connectivity index (χ1n) is 9.07. The molecule has 2 aromatic carbocycles. The van der Waals surface area contributed by atoms with Crippen molar-refractivity contribution in [1.82, 2.24) is 9.97 Å². The number of thiocarbonyl (C=S) groups is 1. The van der Waals surface area contributed by atoms with Gasteiger partial charge in [0.2, 0.25) is 0 Å². The molecular weight excluding hydrogens is 356 g/mol. The van der Waals surface area contributed by atoms with Crippen molar-refractivity contribution in [3.05, 3.63) is 72.1 Å². The number of fused-ring (bicyclic) bond motifs is 2. The molecule has 0 saturated carbocycles. The molecule has 0 spiro atoms. The standard InChI is InChI=1S/C22H22N2S2/c25-22(11-5-6-16-14-23-20-9-3-1-7-18(16)20)26-13-12-17-15-24-21-10-4-2-8-19(17)21/h1-4,7-10,14-15,23-24H,5-6,11-13H2. The maximum absolute atomic E-state index is 5.58. The van der Waals surface area contributed by atoms with Gasteiger partial charge in [0.15, 0.2) is 0 Å². The van der Waals surface area contributed by atoms with Gasteiger partial charge in [-0.2, -0.15) is 0 Å². The zero-order chi connectivity index (χ0) is 17.8. The van der Waals surface area contributed by atoms with Crippen LogP contribution in [0.3, 0.4) is 0 Å². The fourth-order valence-electron chi connectivity index (χ4n) is 3.45. The Morgan fingerprint density at radius 1 is 0.808 bits per heavy atom.